The van der Waals surface area contributed by atoms with Crippen molar-refractivity contribution in [3.63, 3.8) is 0 Å². The van der Waals surface area contributed by atoms with Gasteiger partial charge in [0, 0.05) is 38.8 Å². The second-order valence-electron chi connectivity index (χ2n) is 4.33. The fourth-order valence-corrected chi connectivity index (χ4v) is 3.97. The molecule has 1 unspecified atom stereocenters. The van der Waals surface area contributed by atoms with Crippen LogP contribution >= 0.6 is 12.4 Å². The largest absolute Gasteiger partial charge is 0.312 e. The topological polar surface area (TPSA) is 52.7 Å². The zero-order valence-corrected chi connectivity index (χ0v) is 11.2. The summed E-state index contributed by atoms with van der Waals surface area (Å²) in [5.41, 5.74) is 0. The predicted octanol–water partition coefficient (Wildman–Crippen LogP) is 0.0425. The van der Waals surface area contributed by atoms with E-state index in [0.29, 0.717) is 26.2 Å². The number of piperazine rings is 1. The standard InChI is InChI=1S/C9H19N3O2S.ClH/c1-9-8-12(7-4-10-9)15(13,14)11-5-2-3-6-11;/h9-10H,2-8H2,1H3;1H. The maximum Gasteiger partial charge on any atom is 0.282 e. The third kappa shape index (κ3) is 2.87. The van der Waals surface area contributed by atoms with Gasteiger partial charge < -0.3 is 5.32 Å². The lowest BCUT2D eigenvalue weighted by molar-refractivity contribution is 0.288. The minimum Gasteiger partial charge on any atom is -0.312 e. The van der Waals surface area contributed by atoms with E-state index in [1.807, 2.05) is 6.92 Å². The highest BCUT2D eigenvalue weighted by Gasteiger charge is 2.33. The molecule has 2 aliphatic rings. The Hall–Kier alpha value is 0.120. The molecule has 1 atom stereocenters. The van der Waals surface area contributed by atoms with Crippen LogP contribution in [0.2, 0.25) is 0 Å². The van der Waals surface area contributed by atoms with Gasteiger partial charge in [0.1, 0.15) is 0 Å². The van der Waals surface area contributed by atoms with Crippen LogP contribution < -0.4 is 5.32 Å². The van der Waals surface area contributed by atoms with E-state index in [9.17, 15) is 8.42 Å². The van der Waals surface area contributed by atoms with Gasteiger partial charge in [-0.3, -0.25) is 0 Å². The van der Waals surface area contributed by atoms with Gasteiger partial charge in [0.15, 0.2) is 0 Å². The van der Waals surface area contributed by atoms with Gasteiger partial charge in [-0.15, -0.1) is 12.4 Å². The van der Waals surface area contributed by atoms with Gasteiger partial charge in [-0.25, -0.2) is 0 Å². The van der Waals surface area contributed by atoms with E-state index in [0.717, 1.165) is 19.4 Å². The predicted molar refractivity (Wildman–Crippen MR) is 66.0 cm³/mol. The van der Waals surface area contributed by atoms with Crippen molar-refractivity contribution in [3.05, 3.63) is 0 Å². The molecule has 2 saturated heterocycles. The lowest BCUT2D eigenvalue weighted by atomic mass is 10.3. The molecule has 2 rings (SSSR count). The van der Waals surface area contributed by atoms with E-state index < -0.39 is 10.2 Å². The lowest BCUT2D eigenvalue weighted by Crippen LogP contribution is -2.54. The number of nitrogens with zero attached hydrogens (tertiary/aromatic N) is 2. The van der Waals surface area contributed by atoms with Gasteiger partial charge in [0.25, 0.3) is 10.2 Å². The van der Waals surface area contributed by atoms with Crippen LogP contribution in [0.1, 0.15) is 19.8 Å². The Morgan fingerprint density at radius 3 is 2.31 bits per heavy atom. The summed E-state index contributed by atoms with van der Waals surface area (Å²) < 4.78 is 27.5. The van der Waals surface area contributed by atoms with Crippen molar-refractivity contribution in [1.82, 2.24) is 13.9 Å². The molecule has 7 heteroatoms. The summed E-state index contributed by atoms with van der Waals surface area (Å²) in [6, 6.07) is 0.260. The Balaban J connectivity index is 0.00000128. The quantitative estimate of drug-likeness (QED) is 0.770. The molecule has 0 spiro atoms. The first-order valence-electron chi connectivity index (χ1n) is 5.59. The monoisotopic (exact) mass is 269 g/mol. The van der Waals surface area contributed by atoms with Gasteiger partial charge in [0.2, 0.25) is 0 Å². The van der Waals surface area contributed by atoms with E-state index in [1.165, 1.54) is 0 Å². The first-order chi connectivity index (χ1) is 7.10. The highest BCUT2D eigenvalue weighted by molar-refractivity contribution is 7.86. The SMILES string of the molecule is CC1CN(S(=O)(=O)N2CCCC2)CCN1.Cl. The van der Waals surface area contributed by atoms with Crippen molar-refractivity contribution in [2.24, 2.45) is 0 Å². The molecule has 16 heavy (non-hydrogen) atoms. The molecular weight excluding hydrogens is 250 g/mol. The summed E-state index contributed by atoms with van der Waals surface area (Å²) in [7, 11) is -3.17. The summed E-state index contributed by atoms with van der Waals surface area (Å²) in [6.45, 7) is 5.36. The summed E-state index contributed by atoms with van der Waals surface area (Å²) in [4.78, 5) is 0. The van der Waals surface area contributed by atoms with Crippen molar-refractivity contribution in [2.75, 3.05) is 32.7 Å². The number of hydrogen-bond acceptors (Lipinski definition) is 3. The Morgan fingerprint density at radius 2 is 1.75 bits per heavy atom. The Bertz CT molecular complexity index is 317. The van der Waals surface area contributed by atoms with Crippen LogP contribution in [0.4, 0.5) is 0 Å². The van der Waals surface area contributed by atoms with Gasteiger partial charge >= 0.3 is 0 Å². The van der Waals surface area contributed by atoms with Crippen LogP contribution in [0.15, 0.2) is 0 Å². The van der Waals surface area contributed by atoms with Crippen LogP contribution in [0, 0.1) is 0 Å². The molecule has 0 aliphatic carbocycles. The molecule has 0 aromatic rings. The third-order valence-electron chi connectivity index (χ3n) is 3.05. The maximum atomic E-state index is 12.2. The smallest absolute Gasteiger partial charge is 0.282 e. The summed E-state index contributed by atoms with van der Waals surface area (Å²) in [5.74, 6) is 0. The molecule has 0 saturated carbocycles. The molecule has 0 aromatic heterocycles. The van der Waals surface area contributed by atoms with Crippen molar-refractivity contribution in [1.29, 1.82) is 0 Å². The highest BCUT2D eigenvalue weighted by atomic mass is 35.5. The lowest BCUT2D eigenvalue weighted by Gasteiger charge is -2.33. The third-order valence-corrected chi connectivity index (χ3v) is 5.05. The average molecular weight is 270 g/mol. The van der Waals surface area contributed by atoms with E-state index in [-0.39, 0.29) is 18.4 Å². The minimum absolute atomic E-state index is 0. The van der Waals surface area contributed by atoms with Crippen LogP contribution in [0.25, 0.3) is 0 Å². The Kier molecular flexibility index (Phi) is 5.00. The first kappa shape index (κ1) is 14.2. The number of halogens is 1. The van der Waals surface area contributed by atoms with Crippen LogP contribution in [0.5, 0.6) is 0 Å². The van der Waals surface area contributed by atoms with Crippen LogP contribution in [-0.2, 0) is 10.2 Å². The molecule has 1 N–H and O–H groups in total. The molecule has 2 aliphatic heterocycles. The Labute approximate surface area is 104 Å². The van der Waals surface area contributed by atoms with E-state index in [4.69, 9.17) is 0 Å². The fraction of sp³-hybridized carbons (Fsp3) is 1.00. The minimum atomic E-state index is -3.17. The maximum absolute atomic E-state index is 12.2. The fourth-order valence-electron chi connectivity index (χ4n) is 2.19. The average Bonchev–Trinajstić information content (AvgIpc) is 2.71. The van der Waals surface area contributed by atoms with Crippen LogP contribution in [0.3, 0.4) is 0 Å². The normalized spacial score (nSPS) is 28.9. The number of nitrogens with one attached hydrogen (secondary N) is 1. The number of rotatable bonds is 2. The number of hydrogen-bond donors (Lipinski definition) is 1. The van der Waals surface area contributed by atoms with E-state index >= 15 is 0 Å². The second kappa shape index (κ2) is 5.64. The van der Waals surface area contributed by atoms with Gasteiger partial charge in [0.05, 0.1) is 0 Å². The van der Waals surface area contributed by atoms with Gasteiger partial charge in [-0.1, -0.05) is 0 Å². The van der Waals surface area contributed by atoms with Gasteiger partial charge in [-0.2, -0.15) is 17.0 Å². The summed E-state index contributed by atoms with van der Waals surface area (Å²) in [5, 5.41) is 3.25. The zero-order valence-electron chi connectivity index (χ0n) is 9.55. The molecule has 5 nitrogen and oxygen atoms in total. The molecule has 96 valence electrons. The molecule has 0 bridgehead atoms. The second-order valence-corrected chi connectivity index (χ2v) is 6.26. The summed E-state index contributed by atoms with van der Waals surface area (Å²) >= 11 is 0. The zero-order chi connectivity index (χ0) is 10.9. The molecule has 2 fully saturated rings. The molecule has 2 heterocycles. The van der Waals surface area contributed by atoms with Crippen molar-refractivity contribution < 1.29 is 8.42 Å². The van der Waals surface area contributed by atoms with Crippen molar-refractivity contribution in [2.45, 2.75) is 25.8 Å². The van der Waals surface area contributed by atoms with E-state index in [1.54, 1.807) is 8.61 Å². The van der Waals surface area contributed by atoms with Gasteiger partial charge in [-0.05, 0) is 19.8 Å². The summed E-state index contributed by atoms with van der Waals surface area (Å²) in [6.07, 6.45) is 2.00. The highest BCUT2D eigenvalue weighted by Crippen LogP contribution is 2.17. The Morgan fingerprint density at radius 1 is 1.12 bits per heavy atom. The molecule has 0 radical (unpaired) electrons. The molecular formula is C9H20ClN3O2S. The van der Waals surface area contributed by atoms with Crippen molar-refractivity contribution >= 4 is 22.6 Å². The van der Waals surface area contributed by atoms with Crippen LogP contribution in [-0.4, -0.2) is 55.8 Å². The van der Waals surface area contributed by atoms with Crippen molar-refractivity contribution in [3.8, 4) is 0 Å². The van der Waals surface area contributed by atoms with E-state index in [2.05, 4.69) is 5.32 Å². The first-order valence-corrected chi connectivity index (χ1v) is 6.99. The molecule has 0 aromatic carbocycles. The molecule has 0 amide bonds.